The molecule has 1 aliphatic heterocycles. The summed E-state index contributed by atoms with van der Waals surface area (Å²) in [5.74, 6) is 0.416. The summed E-state index contributed by atoms with van der Waals surface area (Å²) in [6.45, 7) is 6.12. The highest BCUT2D eigenvalue weighted by Crippen LogP contribution is 2.37. The van der Waals surface area contributed by atoms with Crippen LogP contribution in [0.25, 0.3) is 22.2 Å². The highest BCUT2D eigenvalue weighted by Gasteiger charge is 2.29. The van der Waals surface area contributed by atoms with Gasteiger partial charge in [-0.25, -0.2) is 9.36 Å². The monoisotopic (exact) mass is 470 g/mol. The molecule has 0 saturated heterocycles. The van der Waals surface area contributed by atoms with Crippen molar-refractivity contribution in [3.63, 3.8) is 0 Å². The second-order valence-corrected chi connectivity index (χ2v) is 9.55. The zero-order valence-corrected chi connectivity index (χ0v) is 19.8. The molecule has 1 amide bonds. The van der Waals surface area contributed by atoms with E-state index in [0.717, 1.165) is 10.9 Å². The van der Waals surface area contributed by atoms with E-state index in [4.69, 9.17) is 9.47 Å². The van der Waals surface area contributed by atoms with Crippen LogP contribution in [0.1, 0.15) is 42.3 Å². The van der Waals surface area contributed by atoms with Crippen molar-refractivity contribution in [2.75, 3.05) is 0 Å². The normalized spacial score (nSPS) is 12.9. The Morgan fingerprint density at radius 3 is 2.57 bits per heavy atom. The number of hydrogen-bond donors (Lipinski definition) is 2. The number of nitrogens with one attached hydrogen (secondary N) is 1. The fourth-order valence-corrected chi connectivity index (χ4v) is 4.29. The Labute approximate surface area is 202 Å². The minimum absolute atomic E-state index is 0.0168. The zero-order chi connectivity index (χ0) is 24.7. The van der Waals surface area contributed by atoms with E-state index in [1.54, 1.807) is 39.0 Å². The maximum absolute atomic E-state index is 13.3. The zero-order valence-electron chi connectivity index (χ0n) is 19.8. The summed E-state index contributed by atoms with van der Waals surface area (Å²) in [4.78, 5) is 26.0. The Kier molecular flexibility index (Phi) is 5.47. The number of hydrogen-bond acceptors (Lipinski definition) is 5. The first-order valence-electron chi connectivity index (χ1n) is 11.4. The first-order valence-corrected chi connectivity index (χ1v) is 11.4. The molecule has 0 bridgehead atoms. The first kappa shape index (κ1) is 22.5. The topological polar surface area (TPSA) is 89.8 Å². The molecule has 7 heteroatoms. The average molecular weight is 471 g/mol. The largest absolute Gasteiger partial charge is 0.508 e. The first-order chi connectivity index (χ1) is 16.7. The third-order valence-corrected chi connectivity index (χ3v) is 5.74. The number of carbonyl (C=O) groups is 2. The van der Waals surface area contributed by atoms with Crippen molar-refractivity contribution in [3.8, 4) is 22.8 Å². The number of carbonyl (C=O) groups excluding carboxylic acids is 2. The molecule has 178 valence electrons. The quantitative estimate of drug-likeness (QED) is 0.404. The molecular formula is C28H26N2O5. The van der Waals surface area contributed by atoms with Gasteiger partial charge in [0.2, 0.25) is 0 Å². The van der Waals surface area contributed by atoms with Crippen molar-refractivity contribution >= 4 is 22.9 Å². The summed E-state index contributed by atoms with van der Waals surface area (Å²) in [6.07, 6.45) is -0.573. The summed E-state index contributed by atoms with van der Waals surface area (Å²) < 4.78 is 13.1. The van der Waals surface area contributed by atoms with Crippen molar-refractivity contribution in [1.82, 2.24) is 9.88 Å². The van der Waals surface area contributed by atoms with Crippen molar-refractivity contribution in [2.24, 2.45) is 0 Å². The van der Waals surface area contributed by atoms with Crippen LogP contribution in [-0.4, -0.2) is 27.3 Å². The van der Waals surface area contributed by atoms with E-state index in [2.05, 4.69) is 5.32 Å². The number of benzene rings is 3. The van der Waals surface area contributed by atoms with E-state index < -0.39 is 11.7 Å². The van der Waals surface area contributed by atoms with Crippen molar-refractivity contribution in [1.29, 1.82) is 0 Å². The summed E-state index contributed by atoms with van der Waals surface area (Å²) in [5.41, 5.74) is 2.97. The van der Waals surface area contributed by atoms with Crippen LogP contribution in [-0.2, 0) is 17.9 Å². The number of aromatic nitrogens is 1. The smallest absolute Gasteiger partial charge is 0.419 e. The Bertz CT molecular complexity index is 1450. The van der Waals surface area contributed by atoms with Crippen LogP contribution in [0.5, 0.6) is 11.5 Å². The molecule has 0 radical (unpaired) electrons. The standard InChI is InChI=1S/C28H26N2O5/c1-28(2,3)35-27(33)30-23-10-9-21(34-16-17-7-5-4-6-8-17)12-18(23)13-24(30)22-14-20(31)11-19-15-29-26(32)25(19)22/h4-14,31H,15-16H2,1-3H3,(H,29,32). The van der Waals surface area contributed by atoms with E-state index in [0.29, 0.717) is 46.8 Å². The molecule has 0 saturated carbocycles. The van der Waals surface area contributed by atoms with Gasteiger partial charge < -0.3 is 19.9 Å². The van der Waals surface area contributed by atoms with Crippen LogP contribution < -0.4 is 10.1 Å². The molecule has 0 aliphatic carbocycles. The van der Waals surface area contributed by atoms with Gasteiger partial charge in [0.05, 0.1) is 16.8 Å². The number of phenols is 1. The predicted octanol–water partition coefficient (Wildman–Crippen LogP) is 5.62. The molecule has 0 atom stereocenters. The van der Waals surface area contributed by atoms with Gasteiger partial charge in [-0.1, -0.05) is 30.3 Å². The van der Waals surface area contributed by atoms with E-state index in [9.17, 15) is 14.7 Å². The van der Waals surface area contributed by atoms with Crippen LogP contribution >= 0.6 is 0 Å². The Morgan fingerprint density at radius 1 is 1.06 bits per heavy atom. The molecule has 2 N–H and O–H groups in total. The minimum atomic E-state index is -0.720. The maximum Gasteiger partial charge on any atom is 0.419 e. The molecular weight excluding hydrogens is 444 g/mol. The highest BCUT2D eigenvalue weighted by atomic mass is 16.6. The third-order valence-electron chi connectivity index (χ3n) is 5.74. The number of nitrogens with zero attached hydrogens (tertiary/aromatic N) is 1. The van der Waals surface area contributed by atoms with E-state index in [-0.39, 0.29) is 11.7 Å². The van der Waals surface area contributed by atoms with E-state index in [1.165, 1.54) is 10.6 Å². The third kappa shape index (κ3) is 4.45. The van der Waals surface area contributed by atoms with Crippen LogP contribution in [0.4, 0.5) is 4.79 Å². The number of amides is 1. The molecule has 0 fully saturated rings. The molecule has 3 aromatic carbocycles. The van der Waals surface area contributed by atoms with E-state index >= 15 is 0 Å². The van der Waals surface area contributed by atoms with Gasteiger partial charge in [0.15, 0.2) is 0 Å². The predicted molar refractivity (Wildman–Crippen MR) is 133 cm³/mol. The number of aromatic hydroxyl groups is 1. The minimum Gasteiger partial charge on any atom is -0.508 e. The lowest BCUT2D eigenvalue weighted by atomic mass is 9.99. The van der Waals surface area contributed by atoms with Crippen LogP contribution in [0, 0.1) is 0 Å². The second-order valence-electron chi connectivity index (χ2n) is 9.55. The Balaban J connectivity index is 1.63. The molecule has 5 rings (SSSR count). The Morgan fingerprint density at radius 2 is 1.83 bits per heavy atom. The molecule has 2 heterocycles. The summed E-state index contributed by atoms with van der Waals surface area (Å²) in [7, 11) is 0. The van der Waals surface area contributed by atoms with Crippen LogP contribution in [0.15, 0.2) is 66.7 Å². The fraction of sp³-hybridized carbons (Fsp3) is 0.214. The highest BCUT2D eigenvalue weighted by molar-refractivity contribution is 6.07. The molecule has 35 heavy (non-hydrogen) atoms. The average Bonchev–Trinajstić information content (AvgIpc) is 3.37. The van der Waals surface area contributed by atoms with Crippen molar-refractivity contribution < 1.29 is 24.2 Å². The molecule has 0 spiro atoms. The lowest BCUT2D eigenvalue weighted by Gasteiger charge is -2.21. The number of fused-ring (bicyclic) bond motifs is 2. The number of rotatable bonds is 4. The van der Waals surface area contributed by atoms with E-state index in [1.807, 2.05) is 42.5 Å². The van der Waals surface area contributed by atoms with Gasteiger partial charge in [0, 0.05) is 17.5 Å². The number of phenolic OH excluding ortho intramolecular Hbond substituents is 1. The van der Waals surface area contributed by atoms with Gasteiger partial charge >= 0.3 is 6.09 Å². The van der Waals surface area contributed by atoms with Crippen molar-refractivity contribution in [3.05, 3.63) is 83.4 Å². The molecule has 1 aliphatic rings. The summed E-state index contributed by atoms with van der Waals surface area (Å²) in [5, 5.41) is 13.9. The summed E-state index contributed by atoms with van der Waals surface area (Å²) in [6, 6.07) is 20.2. The maximum atomic E-state index is 13.3. The summed E-state index contributed by atoms with van der Waals surface area (Å²) >= 11 is 0. The van der Waals surface area contributed by atoms with Crippen molar-refractivity contribution in [2.45, 2.75) is 39.5 Å². The lowest BCUT2D eigenvalue weighted by molar-refractivity contribution is 0.0546. The van der Waals surface area contributed by atoms with Crippen LogP contribution in [0.2, 0.25) is 0 Å². The molecule has 0 unspecified atom stereocenters. The molecule has 1 aromatic heterocycles. The Hall–Kier alpha value is -4.26. The van der Waals surface area contributed by atoms with Gasteiger partial charge in [0.25, 0.3) is 5.91 Å². The molecule has 4 aromatic rings. The fourth-order valence-electron chi connectivity index (χ4n) is 4.29. The van der Waals surface area contributed by atoms with Gasteiger partial charge in [-0.2, -0.15) is 0 Å². The molecule has 7 nitrogen and oxygen atoms in total. The number of ether oxygens (including phenoxy) is 2. The van der Waals surface area contributed by atoms with Crippen LogP contribution in [0.3, 0.4) is 0 Å². The SMILES string of the molecule is CC(C)(C)OC(=O)n1c(-c2cc(O)cc3c2C(=O)NC3)cc2cc(OCc3ccccc3)ccc21. The lowest BCUT2D eigenvalue weighted by Crippen LogP contribution is -2.27. The second kappa shape index (κ2) is 8.51. The van der Waals surface area contributed by atoms with Gasteiger partial charge in [-0.05, 0) is 68.3 Å². The van der Waals surface area contributed by atoms with Gasteiger partial charge in [-0.15, -0.1) is 0 Å². The van der Waals surface area contributed by atoms with Gasteiger partial charge in [0.1, 0.15) is 23.7 Å². The van der Waals surface area contributed by atoms with Gasteiger partial charge in [-0.3, -0.25) is 4.79 Å².